The van der Waals surface area contributed by atoms with Crippen LogP contribution in [-0.4, -0.2) is 4.98 Å². The van der Waals surface area contributed by atoms with E-state index in [2.05, 4.69) is 11.1 Å². The second-order valence-electron chi connectivity index (χ2n) is 3.93. The van der Waals surface area contributed by atoms with Crippen molar-refractivity contribution in [1.82, 2.24) is 4.98 Å². The average Bonchev–Trinajstić information content (AvgIpc) is 3.00. The highest BCUT2D eigenvalue weighted by molar-refractivity contribution is 5.82. The van der Waals surface area contributed by atoms with Crippen LogP contribution in [0.25, 0.3) is 10.9 Å². The summed E-state index contributed by atoms with van der Waals surface area (Å²) in [6.45, 7) is 0. The summed E-state index contributed by atoms with van der Waals surface area (Å²) in [6.07, 6.45) is 2.49. The van der Waals surface area contributed by atoms with Crippen LogP contribution in [0.1, 0.15) is 24.5 Å². The number of nitrogens with zero attached hydrogens (tertiary/aromatic N) is 1. The van der Waals surface area contributed by atoms with E-state index in [1.165, 1.54) is 12.8 Å². The fraction of sp³-hybridized carbons (Fsp3) is 0.250. The fourth-order valence-corrected chi connectivity index (χ4v) is 1.83. The molecule has 0 aliphatic heterocycles. The number of pyridine rings is 1. The van der Waals surface area contributed by atoms with Crippen molar-refractivity contribution < 1.29 is 0 Å². The van der Waals surface area contributed by atoms with Gasteiger partial charge in [0.2, 0.25) is 0 Å². The highest BCUT2D eigenvalue weighted by Gasteiger charge is 2.27. The number of rotatable bonds is 1. The molecule has 1 saturated carbocycles. The van der Waals surface area contributed by atoms with E-state index in [0.717, 1.165) is 22.3 Å². The molecule has 0 amide bonds. The van der Waals surface area contributed by atoms with Crippen molar-refractivity contribution >= 4 is 16.6 Å². The van der Waals surface area contributed by atoms with E-state index in [4.69, 9.17) is 5.73 Å². The van der Waals surface area contributed by atoms with Gasteiger partial charge in [0.15, 0.2) is 0 Å². The number of hydrogen-bond acceptors (Lipinski definition) is 2. The van der Waals surface area contributed by atoms with Gasteiger partial charge in [0.1, 0.15) is 0 Å². The number of nitrogens with two attached hydrogens (primary N) is 1. The number of fused-ring (bicyclic) bond motifs is 1. The van der Waals surface area contributed by atoms with E-state index in [1.807, 2.05) is 24.3 Å². The number of nitrogen functional groups attached to an aromatic ring is 1. The minimum Gasteiger partial charge on any atom is -0.397 e. The van der Waals surface area contributed by atoms with Crippen molar-refractivity contribution in [2.75, 3.05) is 5.73 Å². The Bertz CT molecular complexity index is 487. The van der Waals surface area contributed by atoms with Crippen LogP contribution in [0.15, 0.2) is 30.3 Å². The number of hydrogen-bond donors (Lipinski definition) is 1. The standard InChI is InChI=1S/C12H12N2/c13-10-7-9-3-1-2-4-11(9)14-12(10)8-5-6-8/h1-4,7-8H,5-6,13H2. The van der Waals surface area contributed by atoms with Gasteiger partial charge in [-0.3, -0.25) is 4.98 Å². The molecule has 0 atom stereocenters. The first-order valence-electron chi connectivity index (χ1n) is 5.00. The third-order valence-corrected chi connectivity index (χ3v) is 2.75. The molecule has 1 aromatic carbocycles. The van der Waals surface area contributed by atoms with Gasteiger partial charge in [0.25, 0.3) is 0 Å². The molecule has 2 nitrogen and oxygen atoms in total. The van der Waals surface area contributed by atoms with Crippen molar-refractivity contribution in [2.45, 2.75) is 18.8 Å². The molecule has 0 unspecified atom stereocenters. The minimum absolute atomic E-state index is 0.625. The molecule has 1 aromatic heterocycles. The lowest BCUT2D eigenvalue weighted by Gasteiger charge is -2.05. The van der Waals surface area contributed by atoms with E-state index >= 15 is 0 Å². The Morgan fingerprint density at radius 3 is 2.79 bits per heavy atom. The Morgan fingerprint density at radius 1 is 1.21 bits per heavy atom. The van der Waals surface area contributed by atoms with E-state index in [0.29, 0.717) is 5.92 Å². The Balaban J connectivity index is 2.26. The zero-order valence-electron chi connectivity index (χ0n) is 7.90. The number of anilines is 1. The van der Waals surface area contributed by atoms with Gasteiger partial charge in [-0.2, -0.15) is 0 Å². The van der Waals surface area contributed by atoms with Gasteiger partial charge < -0.3 is 5.73 Å². The molecular weight excluding hydrogens is 172 g/mol. The SMILES string of the molecule is Nc1cc2ccccc2nc1C1CC1. The van der Waals surface area contributed by atoms with Crippen LogP contribution in [0, 0.1) is 0 Å². The van der Waals surface area contributed by atoms with Crippen molar-refractivity contribution in [1.29, 1.82) is 0 Å². The quantitative estimate of drug-likeness (QED) is 0.740. The van der Waals surface area contributed by atoms with E-state index in [9.17, 15) is 0 Å². The van der Waals surface area contributed by atoms with Crippen molar-refractivity contribution in [3.63, 3.8) is 0 Å². The van der Waals surface area contributed by atoms with E-state index in [-0.39, 0.29) is 0 Å². The Labute approximate surface area is 82.8 Å². The molecule has 0 spiro atoms. The molecule has 14 heavy (non-hydrogen) atoms. The first-order valence-corrected chi connectivity index (χ1v) is 5.00. The summed E-state index contributed by atoms with van der Waals surface area (Å²) in [5, 5.41) is 1.13. The van der Waals surface area contributed by atoms with E-state index < -0.39 is 0 Å². The predicted molar refractivity (Wildman–Crippen MR) is 58.1 cm³/mol. The lowest BCUT2D eigenvalue weighted by atomic mass is 10.1. The molecule has 70 valence electrons. The molecule has 0 saturated heterocycles. The summed E-state index contributed by atoms with van der Waals surface area (Å²) < 4.78 is 0. The summed E-state index contributed by atoms with van der Waals surface area (Å²) in [6, 6.07) is 10.2. The van der Waals surface area contributed by atoms with Crippen molar-refractivity contribution in [3.8, 4) is 0 Å². The zero-order valence-corrected chi connectivity index (χ0v) is 7.90. The lowest BCUT2D eigenvalue weighted by molar-refractivity contribution is 1.05. The third-order valence-electron chi connectivity index (χ3n) is 2.75. The van der Waals surface area contributed by atoms with Crippen LogP contribution in [0.2, 0.25) is 0 Å². The normalized spacial score (nSPS) is 16.0. The van der Waals surface area contributed by atoms with Crippen LogP contribution in [0.5, 0.6) is 0 Å². The maximum Gasteiger partial charge on any atom is 0.0707 e. The second-order valence-corrected chi connectivity index (χ2v) is 3.93. The fourth-order valence-electron chi connectivity index (χ4n) is 1.83. The molecule has 1 fully saturated rings. The third kappa shape index (κ3) is 1.15. The van der Waals surface area contributed by atoms with Crippen molar-refractivity contribution in [3.05, 3.63) is 36.0 Å². The molecule has 1 aliphatic carbocycles. The van der Waals surface area contributed by atoms with Gasteiger partial charge in [-0.15, -0.1) is 0 Å². The number of aromatic nitrogens is 1. The maximum absolute atomic E-state index is 5.97. The second kappa shape index (κ2) is 2.71. The topological polar surface area (TPSA) is 38.9 Å². The average molecular weight is 184 g/mol. The molecule has 3 rings (SSSR count). The molecule has 2 N–H and O–H groups in total. The van der Waals surface area contributed by atoms with Gasteiger partial charge in [-0.25, -0.2) is 0 Å². The Morgan fingerprint density at radius 2 is 2.00 bits per heavy atom. The highest BCUT2D eigenvalue weighted by atomic mass is 14.8. The van der Waals surface area contributed by atoms with Gasteiger partial charge in [-0.1, -0.05) is 18.2 Å². The summed E-state index contributed by atoms with van der Waals surface area (Å²) >= 11 is 0. The summed E-state index contributed by atoms with van der Waals surface area (Å²) in [7, 11) is 0. The van der Waals surface area contributed by atoms with Gasteiger partial charge in [0, 0.05) is 11.3 Å². The minimum atomic E-state index is 0.625. The van der Waals surface area contributed by atoms with E-state index in [1.54, 1.807) is 0 Å². The zero-order chi connectivity index (χ0) is 9.54. The Hall–Kier alpha value is -1.57. The monoisotopic (exact) mass is 184 g/mol. The predicted octanol–water partition coefficient (Wildman–Crippen LogP) is 2.69. The smallest absolute Gasteiger partial charge is 0.0707 e. The summed E-state index contributed by atoms with van der Waals surface area (Å²) in [4.78, 5) is 4.61. The highest BCUT2D eigenvalue weighted by Crippen LogP contribution is 2.42. The molecular formula is C12H12N2. The number of para-hydroxylation sites is 1. The van der Waals surface area contributed by atoms with Crippen LogP contribution in [0.4, 0.5) is 5.69 Å². The lowest BCUT2D eigenvalue weighted by Crippen LogP contribution is -1.96. The van der Waals surface area contributed by atoms with Crippen LogP contribution < -0.4 is 5.73 Å². The van der Waals surface area contributed by atoms with Gasteiger partial charge in [-0.05, 0) is 25.0 Å². The molecule has 2 heteroatoms. The van der Waals surface area contributed by atoms with Crippen LogP contribution in [0.3, 0.4) is 0 Å². The molecule has 1 heterocycles. The first-order chi connectivity index (χ1) is 6.84. The van der Waals surface area contributed by atoms with Crippen molar-refractivity contribution in [2.24, 2.45) is 0 Å². The largest absolute Gasteiger partial charge is 0.397 e. The number of benzene rings is 1. The maximum atomic E-state index is 5.97. The molecule has 0 radical (unpaired) electrons. The molecule has 1 aliphatic rings. The molecule has 2 aromatic rings. The van der Waals surface area contributed by atoms with Crippen LogP contribution in [-0.2, 0) is 0 Å². The van der Waals surface area contributed by atoms with Gasteiger partial charge in [0.05, 0.1) is 16.9 Å². The van der Waals surface area contributed by atoms with Crippen LogP contribution >= 0.6 is 0 Å². The summed E-state index contributed by atoms with van der Waals surface area (Å²) in [5.74, 6) is 0.625. The summed E-state index contributed by atoms with van der Waals surface area (Å²) in [5.41, 5.74) is 8.98. The Kier molecular flexibility index (Phi) is 1.51. The molecule has 0 bridgehead atoms. The van der Waals surface area contributed by atoms with Gasteiger partial charge >= 0.3 is 0 Å². The first kappa shape index (κ1) is 7.80.